The van der Waals surface area contributed by atoms with E-state index >= 15 is 0 Å². The van der Waals surface area contributed by atoms with Crippen molar-refractivity contribution in [3.8, 4) is 11.3 Å². The molecule has 1 heterocycles. The summed E-state index contributed by atoms with van der Waals surface area (Å²) in [4.78, 5) is 40.2. The fraction of sp³-hybridized carbons (Fsp3) is 0.174. The van der Waals surface area contributed by atoms with Crippen LogP contribution in [-0.4, -0.2) is 29.9 Å². The molecular weight excluding hydrogens is 492 g/mol. The van der Waals surface area contributed by atoms with E-state index in [1.807, 2.05) is 60.9 Å². The lowest BCUT2D eigenvalue weighted by atomic mass is 10.1. The molecule has 3 rings (SSSR count). The normalized spacial score (nSPS) is 10.8. The molecule has 0 saturated heterocycles. The number of benzene rings is 2. The Balaban J connectivity index is 1.77. The number of carbonyl (C=O) groups is 2. The molecule has 0 aliphatic carbocycles. The van der Waals surface area contributed by atoms with E-state index < -0.39 is 5.91 Å². The Bertz CT molecular complexity index is 1130. The average molecular weight is 513 g/mol. The van der Waals surface area contributed by atoms with Crippen LogP contribution in [0.3, 0.4) is 0 Å². The number of carbonyl (C=O) groups excluding carboxylic acids is 2. The summed E-state index contributed by atoms with van der Waals surface area (Å²) < 4.78 is 0.996. The van der Waals surface area contributed by atoms with Crippen molar-refractivity contribution >= 4 is 49.9 Å². The molecule has 2 amide bonds. The van der Waals surface area contributed by atoms with Crippen molar-refractivity contribution in [3.63, 3.8) is 0 Å². The fourth-order valence-corrected chi connectivity index (χ4v) is 4.16. The fourth-order valence-electron chi connectivity index (χ4n) is 2.90. The van der Waals surface area contributed by atoms with E-state index in [1.165, 1.54) is 0 Å². The van der Waals surface area contributed by atoms with Gasteiger partial charge in [0.05, 0.1) is 5.69 Å². The quantitative estimate of drug-likeness (QED) is 0.293. The molecule has 0 spiro atoms. The van der Waals surface area contributed by atoms with E-state index in [0.717, 1.165) is 26.5 Å². The highest BCUT2D eigenvalue weighted by molar-refractivity contribution is 9.10. The monoisotopic (exact) mass is 512 g/mol. The number of thiazole rings is 1. The molecule has 164 valence electrons. The van der Waals surface area contributed by atoms with Gasteiger partial charge < -0.3 is 10.2 Å². The van der Waals surface area contributed by atoms with Gasteiger partial charge in [-0.1, -0.05) is 40.2 Å². The van der Waals surface area contributed by atoms with Crippen LogP contribution in [0.2, 0.25) is 0 Å². The molecule has 0 bridgehead atoms. The second kappa shape index (κ2) is 11.4. The SMILES string of the molecule is C/C=C/CN(c1ccc(C(=O)NCCC(=O)N=O)cc1)c1nc(-c2cccc(Br)c2)cs1. The minimum absolute atomic E-state index is 0.0655. The van der Waals surface area contributed by atoms with E-state index in [1.54, 1.807) is 23.5 Å². The van der Waals surface area contributed by atoms with Gasteiger partial charge in [0.1, 0.15) is 0 Å². The maximum absolute atomic E-state index is 12.3. The van der Waals surface area contributed by atoms with Gasteiger partial charge in [-0.3, -0.25) is 9.59 Å². The summed E-state index contributed by atoms with van der Waals surface area (Å²) in [5.74, 6) is -1.10. The molecule has 1 aromatic heterocycles. The van der Waals surface area contributed by atoms with Crippen LogP contribution in [0, 0.1) is 4.91 Å². The Morgan fingerprint density at radius 1 is 1.22 bits per heavy atom. The van der Waals surface area contributed by atoms with E-state index in [0.29, 0.717) is 12.1 Å². The lowest BCUT2D eigenvalue weighted by Gasteiger charge is -2.20. The molecule has 0 aliphatic rings. The van der Waals surface area contributed by atoms with E-state index in [9.17, 15) is 14.5 Å². The molecule has 0 unspecified atom stereocenters. The smallest absolute Gasteiger partial charge is 0.288 e. The molecule has 9 heteroatoms. The summed E-state index contributed by atoms with van der Waals surface area (Å²) >= 11 is 5.05. The predicted octanol–water partition coefficient (Wildman–Crippen LogP) is 5.70. The summed E-state index contributed by atoms with van der Waals surface area (Å²) in [6.07, 6.45) is 3.90. The highest BCUT2D eigenvalue weighted by Gasteiger charge is 2.15. The number of amides is 2. The standard InChI is InChI=1S/C23H21BrN4O3S/c1-2-3-13-28(23-26-20(15-32-23)17-5-4-6-18(24)14-17)19-9-7-16(8-10-19)22(30)25-12-11-21(29)27-31/h2-10,14-15H,11-13H2,1H3,(H,25,30)/b3-2+. The summed E-state index contributed by atoms with van der Waals surface area (Å²) in [5.41, 5.74) is 3.28. The first kappa shape index (κ1) is 23.5. The molecule has 7 nitrogen and oxygen atoms in total. The highest BCUT2D eigenvalue weighted by atomic mass is 79.9. The second-order valence-electron chi connectivity index (χ2n) is 6.74. The molecule has 0 radical (unpaired) electrons. The van der Waals surface area contributed by atoms with Gasteiger partial charge in [0.25, 0.3) is 11.8 Å². The van der Waals surface area contributed by atoms with Gasteiger partial charge in [-0.05, 0) is 43.3 Å². The number of hydrogen-bond donors (Lipinski definition) is 1. The van der Waals surface area contributed by atoms with Crippen LogP contribution in [0.5, 0.6) is 0 Å². The summed E-state index contributed by atoms with van der Waals surface area (Å²) in [5, 5.41) is 7.78. The van der Waals surface area contributed by atoms with Gasteiger partial charge in [0, 0.05) is 51.4 Å². The van der Waals surface area contributed by atoms with Crippen molar-refractivity contribution in [1.82, 2.24) is 10.3 Å². The number of nitroso groups, excluding NO2 is 1. The molecule has 3 aromatic rings. The third-order valence-electron chi connectivity index (χ3n) is 4.53. The van der Waals surface area contributed by atoms with Gasteiger partial charge in [-0.25, -0.2) is 4.98 Å². The van der Waals surface area contributed by atoms with Gasteiger partial charge in [-0.2, -0.15) is 0 Å². The van der Waals surface area contributed by atoms with Crippen LogP contribution in [0.4, 0.5) is 10.8 Å². The minimum atomic E-state index is -0.786. The summed E-state index contributed by atoms with van der Waals surface area (Å²) in [6, 6.07) is 15.2. The molecule has 0 aliphatic heterocycles. The number of rotatable bonds is 9. The molecule has 0 fully saturated rings. The first-order valence-corrected chi connectivity index (χ1v) is 11.5. The van der Waals surface area contributed by atoms with Gasteiger partial charge in [0.2, 0.25) is 0 Å². The molecule has 0 saturated carbocycles. The third-order valence-corrected chi connectivity index (χ3v) is 5.89. The Labute approximate surface area is 198 Å². The molecule has 2 aromatic carbocycles. The lowest BCUT2D eigenvalue weighted by Crippen LogP contribution is -2.25. The van der Waals surface area contributed by atoms with E-state index in [4.69, 9.17) is 4.98 Å². The molecule has 0 atom stereocenters. The Hall–Kier alpha value is -3.17. The van der Waals surface area contributed by atoms with Crippen molar-refractivity contribution in [2.24, 2.45) is 5.18 Å². The third kappa shape index (κ3) is 6.18. The highest BCUT2D eigenvalue weighted by Crippen LogP contribution is 2.33. The van der Waals surface area contributed by atoms with Crippen LogP contribution < -0.4 is 10.2 Å². The van der Waals surface area contributed by atoms with Crippen LogP contribution in [0.15, 0.2) is 75.7 Å². The summed E-state index contributed by atoms with van der Waals surface area (Å²) in [7, 11) is 0. The van der Waals surface area contributed by atoms with Crippen LogP contribution in [0.25, 0.3) is 11.3 Å². The van der Waals surface area contributed by atoms with Crippen molar-refractivity contribution < 1.29 is 9.59 Å². The zero-order chi connectivity index (χ0) is 22.9. The van der Waals surface area contributed by atoms with Crippen molar-refractivity contribution in [2.75, 3.05) is 18.0 Å². The number of halogens is 1. The minimum Gasteiger partial charge on any atom is -0.352 e. The molecular formula is C23H21BrN4O3S. The number of aromatic nitrogens is 1. The Morgan fingerprint density at radius 2 is 2.00 bits per heavy atom. The van der Waals surface area contributed by atoms with Crippen LogP contribution in [-0.2, 0) is 4.79 Å². The number of anilines is 2. The van der Waals surface area contributed by atoms with Crippen molar-refractivity contribution in [3.05, 3.63) is 81.0 Å². The van der Waals surface area contributed by atoms with Crippen LogP contribution >= 0.6 is 27.3 Å². The van der Waals surface area contributed by atoms with E-state index in [-0.39, 0.29) is 18.9 Å². The van der Waals surface area contributed by atoms with Crippen LogP contribution in [0.1, 0.15) is 23.7 Å². The number of hydrogen-bond acceptors (Lipinski definition) is 6. The average Bonchev–Trinajstić information content (AvgIpc) is 3.29. The van der Waals surface area contributed by atoms with Gasteiger partial charge in [-0.15, -0.1) is 16.2 Å². The molecule has 32 heavy (non-hydrogen) atoms. The Morgan fingerprint density at radius 3 is 2.69 bits per heavy atom. The van der Waals surface area contributed by atoms with Gasteiger partial charge >= 0.3 is 0 Å². The lowest BCUT2D eigenvalue weighted by molar-refractivity contribution is -0.117. The maximum atomic E-state index is 12.3. The largest absolute Gasteiger partial charge is 0.352 e. The number of allylic oxidation sites excluding steroid dienone is 1. The first-order chi connectivity index (χ1) is 15.5. The van der Waals surface area contributed by atoms with E-state index in [2.05, 4.69) is 31.3 Å². The zero-order valence-corrected chi connectivity index (χ0v) is 19.7. The first-order valence-electron chi connectivity index (χ1n) is 9.86. The Kier molecular flexibility index (Phi) is 8.41. The predicted molar refractivity (Wildman–Crippen MR) is 131 cm³/mol. The maximum Gasteiger partial charge on any atom is 0.288 e. The zero-order valence-electron chi connectivity index (χ0n) is 17.3. The van der Waals surface area contributed by atoms with Gasteiger partial charge in [0.15, 0.2) is 5.13 Å². The summed E-state index contributed by atoms with van der Waals surface area (Å²) in [6.45, 7) is 2.66. The number of nitrogens with zero attached hydrogens (tertiary/aromatic N) is 3. The second-order valence-corrected chi connectivity index (χ2v) is 8.50. The number of nitrogens with one attached hydrogen (secondary N) is 1. The van der Waals surface area contributed by atoms with Crippen molar-refractivity contribution in [2.45, 2.75) is 13.3 Å². The molecule has 1 N–H and O–H groups in total. The topological polar surface area (TPSA) is 91.7 Å². The van der Waals surface area contributed by atoms with Crippen molar-refractivity contribution in [1.29, 1.82) is 0 Å².